The molecule has 0 heterocycles. The molecule has 2 aromatic carbocycles. The Labute approximate surface area is 125 Å². The maximum Gasteiger partial charge on any atom is 0.345 e. The molecule has 0 N–H and O–H groups in total. The van der Waals surface area contributed by atoms with Crippen LogP contribution >= 0.6 is 11.6 Å². The molecule has 21 heavy (non-hydrogen) atoms. The van der Waals surface area contributed by atoms with E-state index in [1.54, 1.807) is 24.3 Å². The molecule has 2 rings (SSSR count). The summed E-state index contributed by atoms with van der Waals surface area (Å²) >= 11 is 5.87. The summed E-state index contributed by atoms with van der Waals surface area (Å²) in [5, 5.41) is 10.6. The first-order valence-corrected chi connectivity index (χ1v) is 6.20. The molecule has 108 valence electrons. The van der Waals surface area contributed by atoms with Gasteiger partial charge in [-0.05, 0) is 18.2 Å². The number of rotatable bonds is 4. The molecule has 0 fully saturated rings. The monoisotopic (exact) mass is 307 g/mol. The highest BCUT2D eigenvalue weighted by Crippen LogP contribution is 2.28. The van der Waals surface area contributed by atoms with Gasteiger partial charge >= 0.3 is 5.97 Å². The minimum atomic E-state index is -0.723. The molecule has 0 aliphatic heterocycles. The Hall–Kier alpha value is -2.60. The third kappa shape index (κ3) is 3.29. The summed E-state index contributed by atoms with van der Waals surface area (Å²) in [6, 6.07) is 10.1. The number of nitro groups is 1. The average Bonchev–Trinajstić information content (AvgIpc) is 2.47. The largest absolute Gasteiger partial charge is 0.493 e. The van der Waals surface area contributed by atoms with Crippen molar-refractivity contribution >= 4 is 23.3 Å². The predicted molar refractivity (Wildman–Crippen MR) is 76.1 cm³/mol. The third-order valence-electron chi connectivity index (χ3n) is 2.66. The summed E-state index contributed by atoms with van der Waals surface area (Å²) < 4.78 is 10.2. The molecule has 0 aromatic heterocycles. The minimum absolute atomic E-state index is 0.0353. The number of methoxy groups -OCH3 is 1. The summed E-state index contributed by atoms with van der Waals surface area (Å²) in [7, 11) is 1.45. The van der Waals surface area contributed by atoms with Crippen LogP contribution in [0.25, 0.3) is 0 Å². The van der Waals surface area contributed by atoms with E-state index in [1.807, 2.05) is 0 Å². The van der Waals surface area contributed by atoms with E-state index >= 15 is 0 Å². The summed E-state index contributed by atoms with van der Waals surface area (Å²) in [5.74, 6) is -0.0947. The van der Waals surface area contributed by atoms with Crippen molar-refractivity contribution in [2.45, 2.75) is 0 Å². The second-order valence-electron chi connectivity index (χ2n) is 3.96. The zero-order chi connectivity index (χ0) is 15.4. The van der Waals surface area contributed by atoms with Crippen LogP contribution in [-0.4, -0.2) is 18.0 Å². The van der Waals surface area contributed by atoms with Crippen LogP contribution in [0.1, 0.15) is 10.4 Å². The lowest BCUT2D eigenvalue weighted by Gasteiger charge is -2.09. The number of hydrogen-bond donors (Lipinski definition) is 0. The van der Waals surface area contributed by atoms with Crippen molar-refractivity contribution in [3.63, 3.8) is 0 Å². The lowest BCUT2D eigenvalue weighted by Crippen LogP contribution is -2.10. The number of nitrogens with zero attached hydrogens (tertiary/aromatic N) is 1. The predicted octanol–water partition coefficient (Wildman–Crippen LogP) is 3.48. The van der Waals surface area contributed by atoms with E-state index in [9.17, 15) is 14.9 Å². The van der Waals surface area contributed by atoms with Crippen molar-refractivity contribution in [3.8, 4) is 11.5 Å². The third-order valence-corrected chi connectivity index (χ3v) is 2.97. The van der Waals surface area contributed by atoms with Gasteiger partial charge in [0, 0.05) is 12.1 Å². The van der Waals surface area contributed by atoms with Gasteiger partial charge in [-0.15, -0.1) is 0 Å². The molecule has 0 spiro atoms. The van der Waals surface area contributed by atoms with E-state index in [-0.39, 0.29) is 22.0 Å². The van der Waals surface area contributed by atoms with Crippen molar-refractivity contribution in [1.82, 2.24) is 0 Å². The minimum Gasteiger partial charge on any atom is -0.493 e. The van der Waals surface area contributed by atoms with Crippen LogP contribution < -0.4 is 9.47 Å². The zero-order valence-corrected chi connectivity index (χ0v) is 11.7. The standard InChI is InChI=1S/C14H10ClNO5/c1-20-12-4-2-3-5-13(12)21-14(17)10-7-6-9(16(18)19)8-11(10)15/h2-8H,1H3. The Kier molecular flexibility index (Phi) is 4.39. The van der Waals surface area contributed by atoms with Gasteiger partial charge in [0.25, 0.3) is 5.69 Å². The number of esters is 1. The van der Waals surface area contributed by atoms with Gasteiger partial charge in [0.15, 0.2) is 11.5 Å². The maximum atomic E-state index is 12.1. The van der Waals surface area contributed by atoms with Crippen LogP contribution in [0.5, 0.6) is 11.5 Å². The van der Waals surface area contributed by atoms with Crippen molar-refractivity contribution in [1.29, 1.82) is 0 Å². The molecule has 6 nitrogen and oxygen atoms in total. The molecule has 0 saturated heterocycles. The smallest absolute Gasteiger partial charge is 0.345 e. The fourth-order valence-corrected chi connectivity index (χ4v) is 1.89. The van der Waals surface area contributed by atoms with Gasteiger partial charge in [-0.1, -0.05) is 23.7 Å². The van der Waals surface area contributed by atoms with Crippen LogP contribution in [0.2, 0.25) is 5.02 Å². The van der Waals surface area contributed by atoms with Crippen molar-refractivity contribution in [3.05, 3.63) is 63.2 Å². The van der Waals surface area contributed by atoms with E-state index in [0.717, 1.165) is 6.07 Å². The summed E-state index contributed by atoms with van der Waals surface area (Å²) in [5.41, 5.74) is -0.165. The van der Waals surface area contributed by atoms with Crippen LogP contribution in [0.3, 0.4) is 0 Å². The number of carbonyl (C=O) groups excluding carboxylic acids is 1. The molecule has 0 unspecified atom stereocenters. The zero-order valence-electron chi connectivity index (χ0n) is 10.9. The van der Waals surface area contributed by atoms with Gasteiger partial charge < -0.3 is 9.47 Å². The first-order chi connectivity index (χ1) is 10.0. The van der Waals surface area contributed by atoms with Gasteiger partial charge in [-0.25, -0.2) is 4.79 Å². The number of ether oxygens (including phenoxy) is 2. The molecule has 0 aliphatic rings. The lowest BCUT2D eigenvalue weighted by atomic mass is 10.2. The lowest BCUT2D eigenvalue weighted by molar-refractivity contribution is -0.384. The van der Waals surface area contributed by atoms with E-state index in [1.165, 1.54) is 19.2 Å². The van der Waals surface area contributed by atoms with E-state index in [4.69, 9.17) is 21.1 Å². The molecule has 0 bridgehead atoms. The highest BCUT2D eigenvalue weighted by Gasteiger charge is 2.18. The molecule has 0 atom stereocenters. The summed E-state index contributed by atoms with van der Waals surface area (Å²) in [4.78, 5) is 22.1. The number of nitro benzene ring substituents is 1. The maximum absolute atomic E-state index is 12.1. The highest BCUT2D eigenvalue weighted by molar-refractivity contribution is 6.33. The van der Waals surface area contributed by atoms with E-state index < -0.39 is 10.9 Å². The van der Waals surface area contributed by atoms with Crippen LogP contribution in [0, 0.1) is 10.1 Å². The molecule has 0 radical (unpaired) electrons. The Morgan fingerprint density at radius 3 is 2.43 bits per heavy atom. The molecule has 2 aromatic rings. The summed E-state index contributed by atoms with van der Waals surface area (Å²) in [6.07, 6.45) is 0. The van der Waals surface area contributed by atoms with Crippen molar-refractivity contribution in [2.75, 3.05) is 7.11 Å². The second kappa shape index (κ2) is 6.23. The first-order valence-electron chi connectivity index (χ1n) is 5.82. The van der Waals surface area contributed by atoms with Gasteiger partial charge in [-0.2, -0.15) is 0 Å². The van der Waals surface area contributed by atoms with Gasteiger partial charge in [-0.3, -0.25) is 10.1 Å². The number of para-hydroxylation sites is 2. The topological polar surface area (TPSA) is 78.7 Å². The van der Waals surface area contributed by atoms with Crippen LogP contribution in [-0.2, 0) is 0 Å². The molecule has 0 saturated carbocycles. The Morgan fingerprint density at radius 2 is 1.86 bits per heavy atom. The van der Waals surface area contributed by atoms with Crippen LogP contribution in [0.4, 0.5) is 5.69 Å². The molecular weight excluding hydrogens is 298 g/mol. The van der Waals surface area contributed by atoms with Gasteiger partial charge in [0.2, 0.25) is 0 Å². The number of hydrogen-bond acceptors (Lipinski definition) is 5. The Balaban J connectivity index is 2.26. The first kappa shape index (κ1) is 14.8. The molecule has 0 amide bonds. The Morgan fingerprint density at radius 1 is 1.19 bits per heavy atom. The van der Waals surface area contributed by atoms with Crippen LogP contribution in [0.15, 0.2) is 42.5 Å². The number of carbonyl (C=O) groups is 1. The summed E-state index contributed by atoms with van der Waals surface area (Å²) in [6.45, 7) is 0. The highest BCUT2D eigenvalue weighted by atomic mass is 35.5. The average molecular weight is 308 g/mol. The van der Waals surface area contributed by atoms with Gasteiger partial charge in [0.05, 0.1) is 22.6 Å². The SMILES string of the molecule is COc1ccccc1OC(=O)c1ccc([N+](=O)[O-])cc1Cl. The fourth-order valence-electron chi connectivity index (χ4n) is 1.64. The van der Waals surface area contributed by atoms with Gasteiger partial charge in [0.1, 0.15) is 0 Å². The van der Waals surface area contributed by atoms with E-state index in [2.05, 4.69) is 0 Å². The van der Waals surface area contributed by atoms with Crippen molar-refractivity contribution < 1.29 is 19.2 Å². The molecule has 7 heteroatoms. The van der Waals surface area contributed by atoms with Crippen molar-refractivity contribution in [2.24, 2.45) is 0 Å². The number of benzene rings is 2. The quantitative estimate of drug-likeness (QED) is 0.374. The molecular formula is C14H10ClNO5. The number of halogens is 1. The molecule has 0 aliphatic carbocycles. The Bertz CT molecular complexity index is 702. The fraction of sp³-hybridized carbons (Fsp3) is 0.0714. The number of non-ortho nitro benzene ring substituents is 1. The van der Waals surface area contributed by atoms with E-state index in [0.29, 0.717) is 5.75 Å². The second-order valence-corrected chi connectivity index (χ2v) is 4.37. The normalized spacial score (nSPS) is 10.0.